The first kappa shape index (κ1) is 19.6. The topological polar surface area (TPSA) is 75.4 Å². The van der Waals surface area contributed by atoms with Crippen molar-refractivity contribution in [2.45, 2.75) is 51.0 Å². The standard InChI is InChI=1S/C22H26FN3O3/c23-18-8-4-3-7-17(18)14-24-21(27)20-13-19(25-29-20)15-9-11-26(12-10-15)22(28)16-5-1-2-6-16/h3-4,7-8,13,15-16H,1-2,5-6,9-12,14H2,(H,24,27). The van der Waals surface area contributed by atoms with Crippen LogP contribution in [-0.2, 0) is 11.3 Å². The van der Waals surface area contributed by atoms with Crippen LogP contribution in [0.1, 0.15) is 66.3 Å². The summed E-state index contributed by atoms with van der Waals surface area (Å²) >= 11 is 0. The second kappa shape index (κ2) is 8.76. The number of benzene rings is 1. The predicted molar refractivity (Wildman–Crippen MR) is 105 cm³/mol. The van der Waals surface area contributed by atoms with Gasteiger partial charge in [-0.3, -0.25) is 9.59 Å². The fourth-order valence-corrected chi connectivity index (χ4v) is 4.32. The second-order valence-corrected chi connectivity index (χ2v) is 7.97. The SMILES string of the molecule is O=C(NCc1ccccc1F)c1cc(C2CCN(C(=O)C3CCCC3)CC2)no1. The summed E-state index contributed by atoms with van der Waals surface area (Å²) in [5.74, 6) is 0.0452. The third kappa shape index (κ3) is 4.49. The van der Waals surface area contributed by atoms with Crippen LogP contribution >= 0.6 is 0 Å². The lowest BCUT2D eigenvalue weighted by atomic mass is 9.92. The molecule has 1 saturated carbocycles. The highest BCUT2D eigenvalue weighted by molar-refractivity contribution is 5.91. The molecular formula is C22H26FN3O3. The van der Waals surface area contributed by atoms with Gasteiger partial charge in [-0.1, -0.05) is 36.2 Å². The first-order chi connectivity index (χ1) is 14.1. The maximum atomic E-state index is 13.7. The highest BCUT2D eigenvalue weighted by Gasteiger charge is 2.31. The molecular weight excluding hydrogens is 373 g/mol. The van der Waals surface area contributed by atoms with Gasteiger partial charge in [0, 0.05) is 43.1 Å². The third-order valence-electron chi connectivity index (χ3n) is 6.08. The molecule has 0 spiro atoms. The van der Waals surface area contributed by atoms with E-state index >= 15 is 0 Å². The molecule has 2 fully saturated rings. The Balaban J connectivity index is 1.29. The number of nitrogens with one attached hydrogen (secondary N) is 1. The lowest BCUT2D eigenvalue weighted by Gasteiger charge is -2.32. The van der Waals surface area contributed by atoms with Crippen molar-refractivity contribution in [2.24, 2.45) is 5.92 Å². The maximum Gasteiger partial charge on any atom is 0.290 e. The third-order valence-corrected chi connectivity index (χ3v) is 6.08. The van der Waals surface area contributed by atoms with E-state index in [1.165, 1.54) is 6.07 Å². The van der Waals surface area contributed by atoms with E-state index in [2.05, 4.69) is 10.5 Å². The van der Waals surface area contributed by atoms with E-state index in [-0.39, 0.29) is 30.0 Å². The number of hydrogen-bond donors (Lipinski definition) is 1. The van der Waals surface area contributed by atoms with E-state index in [4.69, 9.17) is 4.52 Å². The van der Waals surface area contributed by atoms with Crippen LogP contribution in [0.15, 0.2) is 34.9 Å². The molecule has 1 aromatic heterocycles. The molecule has 1 aliphatic heterocycles. The van der Waals surface area contributed by atoms with Gasteiger partial charge in [0.2, 0.25) is 11.7 Å². The molecule has 1 aliphatic carbocycles. The Labute approximate surface area is 169 Å². The quantitative estimate of drug-likeness (QED) is 0.833. The van der Waals surface area contributed by atoms with E-state index in [1.54, 1.807) is 24.3 Å². The molecule has 1 N–H and O–H groups in total. The molecule has 2 heterocycles. The summed E-state index contributed by atoms with van der Waals surface area (Å²) in [6.07, 6.45) is 6.00. The summed E-state index contributed by atoms with van der Waals surface area (Å²) in [7, 11) is 0. The number of amides is 2. The zero-order valence-corrected chi connectivity index (χ0v) is 16.4. The van der Waals surface area contributed by atoms with E-state index in [1.807, 2.05) is 4.90 Å². The molecule has 2 aliphatic rings. The Morgan fingerprint density at radius 3 is 2.59 bits per heavy atom. The number of aromatic nitrogens is 1. The monoisotopic (exact) mass is 399 g/mol. The normalized spacial score (nSPS) is 18.2. The van der Waals surface area contributed by atoms with Gasteiger partial charge in [0.25, 0.3) is 5.91 Å². The van der Waals surface area contributed by atoms with Crippen LogP contribution in [-0.4, -0.2) is 35.0 Å². The minimum Gasteiger partial charge on any atom is -0.351 e. The molecule has 4 rings (SSSR count). The summed E-state index contributed by atoms with van der Waals surface area (Å²) in [6.45, 7) is 1.53. The van der Waals surface area contributed by atoms with Crippen LogP contribution in [0.4, 0.5) is 4.39 Å². The van der Waals surface area contributed by atoms with E-state index in [0.717, 1.165) is 57.3 Å². The van der Waals surface area contributed by atoms with Crippen LogP contribution < -0.4 is 5.32 Å². The van der Waals surface area contributed by atoms with Crippen LogP contribution in [0.3, 0.4) is 0 Å². The molecule has 1 saturated heterocycles. The van der Waals surface area contributed by atoms with Crippen molar-refractivity contribution in [3.05, 3.63) is 53.2 Å². The Bertz CT molecular complexity index is 868. The molecule has 154 valence electrons. The van der Waals surface area contributed by atoms with Crippen molar-refractivity contribution in [3.8, 4) is 0 Å². The first-order valence-electron chi connectivity index (χ1n) is 10.4. The van der Waals surface area contributed by atoms with E-state index in [9.17, 15) is 14.0 Å². The average Bonchev–Trinajstić information content (AvgIpc) is 3.45. The number of nitrogens with zero attached hydrogens (tertiary/aromatic N) is 2. The summed E-state index contributed by atoms with van der Waals surface area (Å²) < 4.78 is 18.9. The van der Waals surface area contributed by atoms with Gasteiger partial charge in [-0.2, -0.15) is 0 Å². The van der Waals surface area contributed by atoms with Crippen molar-refractivity contribution >= 4 is 11.8 Å². The summed E-state index contributed by atoms with van der Waals surface area (Å²) in [6, 6.07) is 7.98. The van der Waals surface area contributed by atoms with E-state index in [0.29, 0.717) is 11.5 Å². The van der Waals surface area contributed by atoms with Crippen LogP contribution in [0.2, 0.25) is 0 Å². The zero-order chi connectivity index (χ0) is 20.2. The smallest absolute Gasteiger partial charge is 0.290 e. The number of hydrogen-bond acceptors (Lipinski definition) is 4. The Morgan fingerprint density at radius 1 is 1.14 bits per heavy atom. The van der Waals surface area contributed by atoms with Crippen molar-refractivity contribution in [3.63, 3.8) is 0 Å². The van der Waals surface area contributed by atoms with E-state index < -0.39 is 5.91 Å². The summed E-state index contributed by atoms with van der Waals surface area (Å²) in [5.41, 5.74) is 1.16. The van der Waals surface area contributed by atoms with Gasteiger partial charge in [-0.15, -0.1) is 0 Å². The van der Waals surface area contributed by atoms with Crippen molar-refractivity contribution in [2.75, 3.05) is 13.1 Å². The minimum atomic E-state index is -0.416. The number of likely N-dealkylation sites (tertiary alicyclic amines) is 1. The van der Waals surface area contributed by atoms with Gasteiger partial charge in [0.05, 0.1) is 5.69 Å². The Hall–Kier alpha value is -2.70. The highest BCUT2D eigenvalue weighted by Crippen LogP contribution is 2.31. The van der Waals surface area contributed by atoms with Crippen molar-refractivity contribution in [1.82, 2.24) is 15.4 Å². The van der Waals surface area contributed by atoms with Crippen LogP contribution in [0.25, 0.3) is 0 Å². The molecule has 0 radical (unpaired) electrons. The molecule has 2 aromatic rings. The van der Waals surface area contributed by atoms with Crippen LogP contribution in [0, 0.1) is 11.7 Å². The van der Waals surface area contributed by atoms with Gasteiger partial charge in [0.1, 0.15) is 5.82 Å². The van der Waals surface area contributed by atoms with Gasteiger partial charge < -0.3 is 14.7 Å². The van der Waals surface area contributed by atoms with Gasteiger partial charge >= 0.3 is 0 Å². The fourth-order valence-electron chi connectivity index (χ4n) is 4.32. The number of piperidine rings is 1. The molecule has 0 atom stereocenters. The largest absolute Gasteiger partial charge is 0.351 e. The Morgan fingerprint density at radius 2 is 1.86 bits per heavy atom. The molecule has 1 aromatic carbocycles. The molecule has 7 heteroatoms. The highest BCUT2D eigenvalue weighted by atomic mass is 19.1. The van der Waals surface area contributed by atoms with Gasteiger partial charge in [-0.25, -0.2) is 4.39 Å². The predicted octanol–water partition coefficient (Wildman–Crippen LogP) is 3.64. The van der Waals surface area contributed by atoms with Gasteiger partial charge in [0.15, 0.2) is 0 Å². The number of halogens is 1. The lowest BCUT2D eigenvalue weighted by molar-refractivity contribution is -0.136. The van der Waals surface area contributed by atoms with Crippen molar-refractivity contribution < 1.29 is 18.5 Å². The fraction of sp³-hybridized carbons (Fsp3) is 0.500. The zero-order valence-electron chi connectivity index (χ0n) is 16.4. The average molecular weight is 399 g/mol. The number of carbonyl (C=O) groups excluding carboxylic acids is 2. The number of rotatable bonds is 5. The molecule has 6 nitrogen and oxygen atoms in total. The molecule has 2 amide bonds. The minimum absolute atomic E-state index is 0.0865. The Kier molecular flexibility index (Phi) is 5.92. The van der Waals surface area contributed by atoms with Crippen molar-refractivity contribution in [1.29, 1.82) is 0 Å². The van der Waals surface area contributed by atoms with Crippen LogP contribution in [0.5, 0.6) is 0 Å². The number of carbonyl (C=O) groups is 2. The maximum absolute atomic E-state index is 13.7. The summed E-state index contributed by atoms with van der Waals surface area (Å²) in [5, 5.41) is 6.73. The first-order valence-corrected chi connectivity index (χ1v) is 10.4. The lowest BCUT2D eigenvalue weighted by Crippen LogP contribution is -2.40. The molecule has 0 bridgehead atoms. The second-order valence-electron chi connectivity index (χ2n) is 7.97. The van der Waals surface area contributed by atoms with Gasteiger partial charge in [-0.05, 0) is 31.7 Å². The molecule has 29 heavy (non-hydrogen) atoms. The summed E-state index contributed by atoms with van der Waals surface area (Å²) in [4.78, 5) is 26.8. The molecule has 0 unspecified atom stereocenters.